The van der Waals surface area contributed by atoms with E-state index in [1.165, 1.54) is 39.4 Å². The van der Waals surface area contributed by atoms with Crippen molar-refractivity contribution in [2.75, 3.05) is 39.7 Å². The van der Waals surface area contributed by atoms with E-state index >= 15 is 0 Å². The molecule has 2 aromatic carbocycles. The molecule has 0 bridgehead atoms. The second-order valence-electron chi connectivity index (χ2n) is 6.20. The number of carbonyl (C=O) groups excluding carboxylic acids is 1. The molecule has 0 unspecified atom stereocenters. The quantitative estimate of drug-likeness (QED) is 0.633. The largest absolute Gasteiger partial charge is 0.495 e. The zero-order valence-corrected chi connectivity index (χ0v) is 17.8. The van der Waals surface area contributed by atoms with E-state index in [-0.39, 0.29) is 29.5 Å². The van der Waals surface area contributed by atoms with Crippen LogP contribution in [0.1, 0.15) is 13.3 Å². The highest BCUT2D eigenvalue weighted by Gasteiger charge is 2.19. The van der Waals surface area contributed by atoms with Crippen LogP contribution in [-0.2, 0) is 14.8 Å². The van der Waals surface area contributed by atoms with Crippen LogP contribution in [-0.4, -0.2) is 53.0 Å². The number of nitrogens with one attached hydrogen (secondary N) is 1. The van der Waals surface area contributed by atoms with Crippen molar-refractivity contribution < 1.29 is 27.4 Å². The van der Waals surface area contributed by atoms with Crippen molar-refractivity contribution in [1.29, 1.82) is 0 Å². The number of anilines is 1. The number of methoxy groups -OCH3 is 1. The van der Waals surface area contributed by atoms with Crippen molar-refractivity contribution >= 4 is 21.6 Å². The topological polar surface area (TPSA) is 94.2 Å². The molecule has 158 valence electrons. The van der Waals surface area contributed by atoms with Crippen molar-refractivity contribution in [2.24, 2.45) is 0 Å². The fourth-order valence-electron chi connectivity index (χ4n) is 2.43. The molecule has 1 amide bonds. The first-order valence-corrected chi connectivity index (χ1v) is 10.5. The third kappa shape index (κ3) is 6.10. The normalized spacial score (nSPS) is 11.2. The summed E-state index contributed by atoms with van der Waals surface area (Å²) in [6, 6.07) is 11.4. The minimum Gasteiger partial charge on any atom is -0.495 e. The van der Waals surface area contributed by atoms with Gasteiger partial charge in [-0.05, 0) is 49.4 Å². The first-order chi connectivity index (χ1) is 13.8. The summed E-state index contributed by atoms with van der Waals surface area (Å²) in [5.41, 5.74) is 0.279. The Hall–Kier alpha value is -2.78. The highest BCUT2D eigenvalue weighted by molar-refractivity contribution is 7.89. The Balaban J connectivity index is 1.99. The predicted molar refractivity (Wildman–Crippen MR) is 110 cm³/mol. The van der Waals surface area contributed by atoms with Crippen LogP contribution in [0, 0.1) is 0 Å². The minimum absolute atomic E-state index is 0.0595. The molecule has 2 rings (SSSR count). The van der Waals surface area contributed by atoms with Crippen LogP contribution >= 0.6 is 0 Å². The van der Waals surface area contributed by atoms with E-state index in [9.17, 15) is 13.2 Å². The smallest absolute Gasteiger partial charge is 0.242 e. The van der Waals surface area contributed by atoms with Crippen molar-refractivity contribution in [3.05, 3.63) is 42.5 Å². The molecule has 0 spiro atoms. The lowest BCUT2D eigenvalue weighted by Gasteiger charge is -2.15. The Kier molecular flexibility index (Phi) is 7.86. The Morgan fingerprint density at radius 2 is 1.66 bits per heavy atom. The van der Waals surface area contributed by atoms with Crippen LogP contribution in [0.25, 0.3) is 0 Å². The van der Waals surface area contributed by atoms with Gasteiger partial charge in [-0.25, -0.2) is 12.7 Å². The molecule has 0 aliphatic heterocycles. The van der Waals surface area contributed by atoms with Crippen molar-refractivity contribution in [2.45, 2.75) is 18.2 Å². The number of rotatable bonds is 10. The number of hydrogen-bond acceptors (Lipinski definition) is 6. The third-order valence-electron chi connectivity index (χ3n) is 3.96. The summed E-state index contributed by atoms with van der Waals surface area (Å²) in [7, 11) is 0.696. The number of hydrogen-bond donors (Lipinski definition) is 1. The monoisotopic (exact) mass is 422 g/mol. The third-order valence-corrected chi connectivity index (χ3v) is 5.77. The van der Waals surface area contributed by atoms with Crippen molar-refractivity contribution in [3.63, 3.8) is 0 Å². The Bertz CT molecular complexity index is 926. The minimum atomic E-state index is -3.63. The van der Waals surface area contributed by atoms with Gasteiger partial charge in [0.15, 0.2) is 0 Å². The van der Waals surface area contributed by atoms with Crippen LogP contribution in [0.2, 0.25) is 0 Å². The number of sulfonamides is 1. The molecule has 1 N–H and O–H groups in total. The molecule has 0 atom stereocenters. The average molecular weight is 423 g/mol. The van der Waals surface area contributed by atoms with E-state index in [0.717, 1.165) is 10.1 Å². The first-order valence-electron chi connectivity index (χ1n) is 9.04. The molecular weight excluding hydrogens is 396 g/mol. The molecule has 9 heteroatoms. The van der Waals surface area contributed by atoms with Gasteiger partial charge in [0.25, 0.3) is 0 Å². The lowest BCUT2D eigenvalue weighted by Crippen LogP contribution is -2.22. The van der Waals surface area contributed by atoms with E-state index in [1.807, 2.05) is 6.92 Å². The maximum absolute atomic E-state index is 12.3. The van der Waals surface area contributed by atoms with Crippen molar-refractivity contribution in [1.82, 2.24) is 4.31 Å². The van der Waals surface area contributed by atoms with E-state index < -0.39 is 10.0 Å². The zero-order chi connectivity index (χ0) is 21.4. The Labute approximate surface area is 171 Å². The molecule has 0 saturated carbocycles. The number of ether oxygens (including phenoxy) is 3. The molecular formula is C20H26N2O6S. The summed E-state index contributed by atoms with van der Waals surface area (Å²) >= 11 is 0. The average Bonchev–Trinajstić information content (AvgIpc) is 2.69. The second-order valence-corrected chi connectivity index (χ2v) is 8.35. The molecule has 0 aliphatic rings. The van der Waals surface area contributed by atoms with Gasteiger partial charge in [-0.3, -0.25) is 4.79 Å². The molecule has 29 heavy (non-hydrogen) atoms. The van der Waals surface area contributed by atoms with Crippen LogP contribution in [0.4, 0.5) is 5.69 Å². The second kappa shape index (κ2) is 10.1. The van der Waals surface area contributed by atoms with Crippen LogP contribution in [0.5, 0.6) is 17.2 Å². The predicted octanol–water partition coefficient (Wildman–Crippen LogP) is 2.75. The van der Waals surface area contributed by atoms with Crippen molar-refractivity contribution in [3.8, 4) is 17.2 Å². The summed E-state index contributed by atoms with van der Waals surface area (Å²) in [5.74, 6) is 1.41. The highest BCUT2D eigenvalue weighted by atomic mass is 32.2. The van der Waals surface area contributed by atoms with Gasteiger partial charge in [0.2, 0.25) is 15.9 Å². The summed E-state index contributed by atoms with van der Waals surface area (Å²) in [6.07, 6.45) is 0.0843. The number of nitrogens with zero attached hydrogens (tertiary/aromatic N) is 1. The molecule has 0 fully saturated rings. The fraction of sp³-hybridized carbons (Fsp3) is 0.350. The van der Waals surface area contributed by atoms with Gasteiger partial charge >= 0.3 is 0 Å². The Morgan fingerprint density at radius 1 is 1.03 bits per heavy atom. The number of amides is 1. The van der Waals surface area contributed by atoms with E-state index in [1.54, 1.807) is 24.3 Å². The number of carbonyl (C=O) groups is 1. The number of benzene rings is 2. The lowest BCUT2D eigenvalue weighted by molar-refractivity contribution is -0.116. The fourth-order valence-corrected chi connectivity index (χ4v) is 3.36. The Morgan fingerprint density at radius 3 is 2.21 bits per heavy atom. The van der Waals surface area contributed by atoms with E-state index in [2.05, 4.69) is 5.32 Å². The highest BCUT2D eigenvalue weighted by Crippen LogP contribution is 2.28. The molecule has 0 saturated heterocycles. The van der Waals surface area contributed by atoms with Crippen LogP contribution < -0.4 is 19.5 Å². The summed E-state index contributed by atoms with van der Waals surface area (Å²) in [6.45, 7) is 2.66. The summed E-state index contributed by atoms with van der Waals surface area (Å²) < 4.78 is 41.9. The summed E-state index contributed by atoms with van der Waals surface area (Å²) in [4.78, 5) is 12.3. The van der Waals surface area contributed by atoms with Gasteiger partial charge in [-0.1, -0.05) is 0 Å². The van der Waals surface area contributed by atoms with Gasteiger partial charge in [0.1, 0.15) is 17.2 Å². The van der Waals surface area contributed by atoms with Gasteiger partial charge in [-0.15, -0.1) is 0 Å². The maximum atomic E-state index is 12.3. The SMILES string of the molecule is CCOc1ccc(OCCC(=O)Nc2cc(S(=O)(=O)N(C)C)ccc2OC)cc1. The molecule has 0 aliphatic carbocycles. The van der Waals surface area contributed by atoms with Crippen LogP contribution in [0.15, 0.2) is 47.4 Å². The lowest BCUT2D eigenvalue weighted by atomic mass is 10.2. The van der Waals surface area contributed by atoms with Crippen LogP contribution in [0.3, 0.4) is 0 Å². The zero-order valence-electron chi connectivity index (χ0n) is 17.0. The van der Waals surface area contributed by atoms with E-state index in [0.29, 0.717) is 18.1 Å². The molecule has 0 heterocycles. The molecule has 0 aromatic heterocycles. The first kappa shape index (κ1) is 22.5. The molecule has 8 nitrogen and oxygen atoms in total. The van der Waals surface area contributed by atoms with Gasteiger partial charge in [0, 0.05) is 14.1 Å². The van der Waals surface area contributed by atoms with Gasteiger partial charge < -0.3 is 19.5 Å². The van der Waals surface area contributed by atoms with Gasteiger partial charge in [-0.2, -0.15) is 0 Å². The maximum Gasteiger partial charge on any atom is 0.242 e. The van der Waals surface area contributed by atoms with Gasteiger partial charge in [0.05, 0.1) is 37.3 Å². The van der Waals surface area contributed by atoms with E-state index in [4.69, 9.17) is 14.2 Å². The summed E-state index contributed by atoms with van der Waals surface area (Å²) in [5, 5.41) is 2.68. The molecule has 0 radical (unpaired) electrons. The standard InChI is InChI=1S/C20H26N2O6S/c1-5-27-15-6-8-16(9-7-15)28-13-12-20(23)21-18-14-17(10-11-19(18)26-4)29(24,25)22(2)3/h6-11,14H,5,12-13H2,1-4H3,(H,21,23). The molecule has 2 aromatic rings.